The highest BCUT2D eigenvalue weighted by Gasteiger charge is 2.48. The molecule has 0 bridgehead atoms. The molecule has 1 saturated heterocycles. The molecule has 0 aliphatic carbocycles. The summed E-state index contributed by atoms with van der Waals surface area (Å²) in [5.41, 5.74) is -0.198. The zero-order valence-electron chi connectivity index (χ0n) is 12.1. The van der Waals surface area contributed by atoms with E-state index in [1.165, 1.54) is 8.61 Å². The van der Waals surface area contributed by atoms with E-state index in [0.717, 1.165) is 5.69 Å². The Labute approximate surface area is 119 Å². The summed E-state index contributed by atoms with van der Waals surface area (Å²) in [7, 11) is -3.48. The van der Waals surface area contributed by atoms with Gasteiger partial charge in [0.1, 0.15) is 0 Å². The molecule has 114 valence electrons. The lowest BCUT2D eigenvalue weighted by Crippen LogP contribution is -2.67. The second-order valence-electron chi connectivity index (χ2n) is 5.56. The number of hydrogen-bond donors (Lipinski definition) is 2. The van der Waals surface area contributed by atoms with Crippen LogP contribution in [0.3, 0.4) is 0 Å². The summed E-state index contributed by atoms with van der Waals surface area (Å²) < 4.78 is 27.6. The fraction of sp³-hybridized carbons (Fsp3) is 0.750. The van der Waals surface area contributed by atoms with Crippen LogP contribution < -0.4 is 0 Å². The van der Waals surface area contributed by atoms with Gasteiger partial charge in [-0.3, -0.25) is 5.10 Å². The molecule has 0 aromatic carbocycles. The standard InChI is InChI=1S/C12H22N4O3S/c1-4-16(10(2)3)20(18,19)15-8-12(17,9-15)7-11-5-6-13-14-11/h5-6,10,17H,4,7-9H2,1-3H3,(H,13,14). The first-order valence-electron chi connectivity index (χ1n) is 6.76. The van der Waals surface area contributed by atoms with Gasteiger partial charge in [0, 0.05) is 44.0 Å². The molecular weight excluding hydrogens is 280 g/mol. The topological polar surface area (TPSA) is 89.5 Å². The Morgan fingerprint density at radius 1 is 1.55 bits per heavy atom. The van der Waals surface area contributed by atoms with Crippen LogP contribution >= 0.6 is 0 Å². The first-order chi connectivity index (χ1) is 9.28. The van der Waals surface area contributed by atoms with E-state index in [1.54, 1.807) is 12.3 Å². The molecule has 0 radical (unpaired) electrons. The van der Waals surface area contributed by atoms with Crippen molar-refractivity contribution in [3.63, 3.8) is 0 Å². The highest BCUT2D eigenvalue weighted by Crippen LogP contribution is 2.29. The van der Waals surface area contributed by atoms with Crippen molar-refractivity contribution in [2.24, 2.45) is 0 Å². The molecule has 1 fully saturated rings. The number of aromatic amines is 1. The number of nitrogens with one attached hydrogen (secondary N) is 1. The van der Waals surface area contributed by atoms with E-state index < -0.39 is 15.8 Å². The predicted molar refractivity (Wildman–Crippen MR) is 75.3 cm³/mol. The van der Waals surface area contributed by atoms with E-state index in [4.69, 9.17) is 0 Å². The quantitative estimate of drug-likeness (QED) is 0.772. The highest BCUT2D eigenvalue weighted by atomic mass is 32.2. The summed E-state index contributed by atoms with van der Waals surface area (Å²) >= 11 is 0. The van der Waals surface area contributed by atoms with Crippen molar-refractivity contribution in [3.05, 3.63) is 18.0 Å². The summed E-state index contributed by atoms with van der Waals surface area (Å²) in [6, 6.07) is 1.69. The maximum atomic E-state index is 12.4. The van der Waals surface area contributed by atoms with Crippen LogP contribution in [0, 0.1) is 0 Å². The molecule has 0 saturated carbocycles. The SMILES string of the molecule is CCN(C(C)C)S(=O)(=O)N1CC(O)(Cc2ccn[nH]2)C1. The van der Waals surface area contributed by atoms with Gasteiger partial charge in [0.15, 0.2) is 0 Å². The molecule has 1 aliphatic rings. The van der Waals surface area contributed by atoms with Crippen LogP contribution in [0.2, 0.25) is 0 Å². The third-order valence-electron chi connectivity index (χ3n) is 3.53. The lowest BCUT2D eigenvalue weighted by Gasteiger charge is -2.47. The normalized spacial score (nSPS) is 19.5. The zero-order chi connectivity index (χ0) is 15.0. The average Bonchev–Trinajstić information content (AvgIpc) is 2.78. The number of aliphatic hydroxyl groups is 1. The van der Waals surface area contributed by atoms with Gasteiger partial charge in [0.05, 0.1) is 5.60 Å². The van der Waals surface area contributed by atoms with E-state index in [9.17, 15) is 13.5 Å². The minimum Gasteiger partial charge on any atom is -0.387 e. The number of nitrogens with zero attached hydrogens (tertiary/aromatic N) is 3. The van der Waals surface area contributed by atoms with Gasteiger partial charge in [-0.2, -0.15) is 22.1 Å². The predicted octanol–water partition coefficient (Wildman–Crippen LogP) is -0.0260. The van der Waals surface area contributed by atoms with Crippen molar-refractivity contribution >= 4 is 10.2 Å². The lowest BCUT2D eigenvalue weighted by molar-refractivity contribution is -0.0613. The summed E-state index contributed by atoms with van der Waals surface area (Å²) in [5, 5.41) is 16.9. The van der Waals surface area contributed by atoms with E-state index in [-0.39, 0.29) is 19.1 Å². The van der Waals surface area contributed by atoms with Gasteiger partial charge in [0.2, 0.25) is 0 Å². The number of rotatable bonds is 6. The zero-order valence-corrected chi connectivity index (χ0v) is 12.9. The van der Waals surface area contributed by atoms with Crippen LogP contribution in [0.5, 0.6) is 0 Å². The smallest absolute Gasteiger partial charge is 0.282 e. The number of aromatic nitrogens is 2. The molecule has 20 heavy (non-hydrogen) atoms. The monoisotopic (exact) mass is 302 g/mol. The maximum Gasteiger partial charge on any atom is 0.282 e. The van der Waals surface area contributed by atoms with Gasteiger partial charge in [-0.05, 0) is 19.9 Å². The van der Waals surface area contributed by atoms with Crippen molar-refractivity contribution < 1.29 is 13.5 Å². The van der Waals surface area contributed by atoms with E-state index >= 15 is 0 Å². The van der Waals surface area contributed by atoms with Crippen molar-refractivity contribution in [3.8, 4) is 0 Å². The molecular formula is C12H22N4O3S. The van der Waals surface area contributed by atoms with Gasteiger partial charge in [-0.1, -0.05) is 6.92 Å². The summed E-state index contributed by atoms with van der Waals surface area (Å²) in [5.74, 6) is 0. The minimum atomic E-state index is -3.48. The summed E-state index contributed by atoms with van der Waals surface area (Å²) in [4.78, 5) is 0. The van der Waals surface area contributed by atoms with Gasteiger partial charge in [-0.25, -0.2) is 0 Å². The molecule has 2 N–H and O–H groups in total. The third-order valence-corrected chi connectivity index (χ3v) is 5.71. The second-order valence-corrected chi connectivity index (χ2v) is 7.44. The number of β-amino-alcohol motifs (C(OH)–C–C–N with tert-alkyl or cyclic N) is 1. The lowest BCUT2D eigenvalue weighted by atomic mass is 9.91. The molecule has 0 spiro atoms. The van der Waals surface area contributed by atoms with Crippen LogP contribution in [-0.2, 0) is 16.6 Å². The van der Waals surface area contributed by atoms with E-state index in [1.807, 2.05) is 20.8 Å². The Hall–Kier alpha value is -0.960. The van der Waals surface area contributed by atoms with Crippen molar-refractivity contribution in [1.29, 1.82) is 0 Å². The Morgan fingerprint density at radius 3 is 2.65 bits per heavy atom. The van der Waals surface area contributed by atoms with Crippen molar-refractivity contribution in [2.75, 3.05) is 19.6 Å². The Kier molecular flexibility index (Phi) is 4.19. The molecule has 2 heterocycles. The molecule has 0 amide bonds. The molecule has 1 aromatic heterocycles. The average molecular weight is 302 g/mol. The fourth-order valence-corrected chi connectivity index (χ4v) is 4.53. The fourth-order valence-electron chi connectivity index (χ4n) is 2.57. The van der Waals surface area contributed by atoms with Crippen LogP contribution in [0.15, 0.2) is 12.3 Å². The molecule has 8 heteroatoms. The molecule has 1 aliphatic heterocycles. The van der Waals surface area contributed by atoms with E-state index in [2.05, 4.69) is 10.2 Å². The molecule has 7 nitrogen and oxygen atoms in total. The maximum absolute atomic E-state index is 12.4. The number of hydrogen-bond acceptors (Lipinski definition) is 4. The minimum absolute atomic E-state index is 0.0914. The van der Waals surface area contributed by atoms with Gasteiger partial charge in [-0.15, -0.1) is 0 Å². The van der Waals surface area contributed by atoms with Crippen LogP contribution in [0.4, 0.5) is 0 Å². The van der Waals surface area contributed by atoms with Crippen LogP contribution in [0.1, 0.15) is 26.5 Å². The molecule has 1 aromatic rings. The molecule has 0 atom stereocenters. The van der Waals surface area contributed by atoms with Crippen molar-refractivity contribution in [1.82, 2.24) is 18.8 Å². The largest absolute Gasteiger partial charge is 0.387 e. The summed E-state index contributed by atoms with van der Waals surface area (Å²) in [6.45, 7) is 6.17. The molecule has 0 unspecified atom stereocenters. The summed E-state index contributed by atoms with van der Waals surface area (Å²) in [6.07, 6.45) is 2.00. The van der Waals surface area contributed by atoms with Crippen LogP contribution in [0.25, 0.3) is 0 Å². The third kappa shape index (κ3) is 2.88. The number of H-pyrrole nitrogens is 1. The van der Waals surface area contributed by atoms with Gasteiger partial charge >= 0.3 is 0 Å². The highest BCUT2D eigenvalue weighted by molar-refractivity contribution is 7.86. The Bertz CT molecular complexity index is 535. The second kappa shape index (κ2) is 5.44. The first-order valence-corrected chi connectivity index (χ1v) is 8.16. The van der Waals surface area contributed by atoms with Gasteiger partial charge in [0.25, 0.3) is 10.2 Å². The first kappa shape index (κ1) is 15.4. The molecule has 2 rings (SSSR count). The Balaban J connectivity index is 2.01. The van der Waals surface area contributed by atoms with Crippen LogP contribution in [-0.4, -0.2) is 63.6 Å². The Morgan fingerprint density at radius 2 is 2.20 bits per heavy atom. The van der Waals surface area contributed by atoms with Gasteiger partial charge < -0.3 is 5.11 Å². The van der Waals surface area contributed by atoms with Crippen molar-refractivity contribution in [2.45, 2.75) is 38.8 Å². The van der Waals surface area contributed by atoms with E-state index in [0.29, 0.717) is 13.0 Å².